The normalized spacial score (nSPS) is 17.1. The number of amides is 1. The van der Waals surface area contributed by atoms with Crippen LogP contribution in [0.3, 0.4) is 0 Å². The van der Waals surface area contributed by atoms with Crippen LogP contribution in [-0.2, 0) is 4.79 Å². The van der Waals surface area contributed by atoms with Crippen LogP contribution in [0.1, 0.15) is 26.7 Å². The highest BCUT2D eigenvalue weighted by Crippen LogP contribution is 2.12. The van der Waals surface area contributed by atoms with Crippen molar-refractivity contribution in [3.8, 4) is 0 Å². The second-order valence-corrected chi connectivity index (χ2v) is 6.72. The fraction of sp³-hybridized carbons (Fsp3) is 0.667. The van der Waals surface area contributed by atoms with Gasteiger partial charge in [-0.3, -0.25) is 9.69 Å². The summed E-state index contributed by atoms with van der Waals surface area (Å²) in [6, 6.07) is 5.97. The number of piperazine rings is 1. The Morgan fingerprint density at radius 2 is 2.04 bits per heavy atom. The fourth-order valence-corrected chi connectivity index (χ4v) is 2.78. The molecule has 2 rings (SSSR count). The van der Waals surface area contributed by atoms with Gasteiger partial charge in [0.15, 0.2) is 0 Å². The highest BCUT2D eigenvalue weighted by Gasteiger charge is 2.18. The number of anilines is 1. The molecule has 6 heteroatoms. The summed E-state index contributed by atoms with van der Waals surface area (Å²) in [5, 5.41) is 12.6. The largest absolute Gasteiger partial charge is 0.393 e. The van der Waals surface area contributed by atoms with Crippen LogP contribution in [0.15, 0.2) is 24.4 Å². The molecule has 2 heterocycles. The van der Waals surface area contributed by atoms with Crippen molar-refractivity contribution < 1.29 is 9.90 Å². The molecule has 1 aliphatic heterocycles. The summed E-state index contributed by atoms with van der Waals surface area (Å²) in [4.78, 5) is 20.9. The van der Waals surface area contributed by atoms with Crippen molar-refractivity contribution in [3.63, 3.8) is 0 Å². The summed E-state index contributed by atoms with van der Waals surface area (Å²) in [5.74, 6) is 1.33. The fourth-order valence-electron chi connectivity index (χ4n) is 2.78. The molecule has 1 unspecified atom stereocenters. The third-order valence-electron chi connectivity index (χ3n) is 4.53. The summed E-state index contributed by atoms with van der Waals surface area (Å²) in [5.41, 5.74) is 0. The Balaban J connectivity index is 1.59. The Labute approximate surface area is 144 Å². The molecule has 0 radical (unpaired) electrons. The molecule has 1 aliphatic rings. The number of carbonyl (C=O) groups excluding carboxylic acids is 1. The van der Waals surface area contributed by atoms with E-state index in [0.717, 1.165) is 38.5 Å². The monoisotopic (exact) mass is 334 g/mol. The molecule has 1 fully saturated rings. The summed E-state index contributed by atoms with van der Waals surface area (Å²) in [6.07, 6.45) is 2.61. The Morgan fingerprint density at radius 1 is 1.29 bits per heavy atom. The Bertz CT molecular complexity index is 487. The van der Waals surface area contributed by atoms with Crippen LogP contribution >= 0.6 is 0 Å². The van der Waals surface area contributed by atoms with Crippen LogP contribution in [0.25, 0.3) is 0 Å². The number of rotatable bonds is 8. The zero-order valence-corrected chi connectivity index (χ0v) is 14.8. The lowest BCUT2D eigenvalue weighted by molar-refractivity contribution is -0.121. The highest BCUT2D eigenvalue weighted by molar-refractivity contribution is 5.76. The Hall–Kier alpha value is -1.66. The van der Waals surface area contributed by atoms with Gasteiger partial charge in [-0.05, 0) is 24.5 Å². The maximum atomic E-state index is 11.9. The van der Waals surface area contributed by atoms with Gasteiger partial charge in [0.05, 0.1) is 6.10 Å². The third kappa shape index (κ3) is 6.09. The number of hydrogen-bond acceptors (Lipinski definition) is 5. The molecule has 1 aromatic rings. The molecule has 1 aromatic heterocycles. The van der Waals surface area contributed by atoms with E-state index in [1.165, 1.54) is 0 Å². The van der Waals surface area contributed by atoms with Gasteiger partial charge in [-0.2, -0.15) is 0 Å². The van der Waals surface area contributed by atoms with Crippen LogP contribution in [0.4, 0.5) is 5.82 Å². The van der Waals surface area contributed by atoms with Gasteiger partial charge in [0.1, 0.15) is 5.82 Å². The van der Waals surface area contributed by atoms with Crippen molar-refractivity contribution in [1.82, 2.24) is 15.2 Å². The van der Waals surface area contributed by atoms with E-state index in [4.69, 9.17) is 0 Å². The molecule has 0 saturated carbocycles. The quantitative estimate of drug-likeness (QED) is 0.745. The van der Waals surface area contributed by atoms with E-state index in [0.29, 0.717) is 19.4 Å². The molecule has 134 valence electrons. The first-order chi connectivity index (χ1) is 11.6. The van der Waals surface area contributed by atoms with Gasteiger partial charge < -0.3 is 15.3 Å². The number of carbonyl (C=O) groups is 1. The first kappa shape index (κ1) is 18.7. The first-order valence-corrected chi connectivity index (χ1v) is 8.89. The molecule has 1 atom stereocenters. The van der Waals surface area contributed by atoms with Gasteiger partial charge in [0.2, 0.25) is 5.91 Å². The van der Waals surface area contributed by atoms with Crippen molar-refractivity contribution in [1.29, 1.82) is 0 Å². The topological polar surface area (TPSA) is 68.7 Å². The van der Waals surface area contributed by atoms with Crippen LogP contribution < -0.4 is 10.2 Å². The Kier molecular flexibility index (Phi) is 7.46. The second-order valence-electron chi connectivity index (χ2n) is 6.72. The van der Waals surface area contributed by atoms with E-state index in [2.05, 4.69) is 20.1 Å². The zero-order valence-electron chi connectivity index (χ0n) is 14.8. The van der Waals surface area contributed by atoms with E-state index >= 15 is 0 Å². The minimum atomic E-state index is -0.343. The van der Waals surface area contributed by atoms with Gasteiger partial charge in [0, 0.05) is 51.9 Å². The molecule has 0 spiro atoms. The maximum Gasteiger partial charge on any atom is 0.221 e. The number of pyridine rings is 1. The van der Waals surface area contributed by atoms with Gasteiger partial charge in [0.25, 0.3) is 0 Å². The van der Waals surface area contributed by atoms with E-state index in [9.17, 15) is 9.90 Å². The van der Waals surface area contributed by atoms with E-state index in [1.54, 1.807) is 0 Å². The zero-order chi connectivity index (χ0) is 17.4. The number of aliphatic hydroxyl groups excluding tert-OH is 1. The molecule has 0 aliphatic carbocycles. The predicted octanol–water partition coefficient (Wildman–Crippen LogP) is 1.12. The van der Waals surface area contributed by atoms with Gasteiger partial charge in [-0.25, -0.2) is 4.98 Å². The van der Waals surface area contributed by atoms with Gasteiger partial charge in [-0.1, -0.05) is 19.9 Å². The molecule has 6 nitrogen and oxygen atoms in total. The lowest BCUT2D eigenvalue weighted by Gasteiger charge is -2.35. The molecule has 1 amide bonds. The lowest BCUT2D eigenvalue weighted by atomic mass is 10.0. The Morgan fingerprint density at radius 3 is 2.67 bits per heavy atom. The maximum absolute atomic E-state index is 11.9. The number of aromatic nitrogens is 1. The van der Waals surface area contributed by atoms with Gasteiger partial charge >= 0.3 is 0 Å². The van der Waals surface area contributed by atoms with Crippen LogP contribution in [0, 0.1) is 5.92 Å². The molecule has 0 aromatic carbocycles. The van der Waals surface area contributed by atoms with Crippen LogP contribution in [0.2, 0.25) is 0 Å². The average molecular weight is 334 g/mol. The second kappa shape index (κ2) is 9.59. The van der Waals surface area contributed by atoms with Crippen LogP contribution in [0.5, 0.6) is 0 Å². The molecule has 0 bridgehead atoms. The summed E-state index contributed by atoms with van der Waals surface area (Å²) in [6.45, 7) is 9.10. The number of aliphatic hydroxyl groups is 1. The van der Waals surface area contributed by atoms with Crippen molar-refractivity contribution >= 4 is 11.7 Å². The van der Waals surface area contributed by atoms with E-state index in [-0.39, 0.29) is 17.9 Å². The molecule has 2 N–H and O–H groups in total. The minimum Gasteiger partial charge on any atom is -0.393 e. The van der Waals surface area contributed by atoms with Crippen molar-refractivity contribution in [2.45, 2.75) is 32.8 Å². The SMILES string of the molecule is CC(C)C(O)CCNC(=O)CCN1CCN(c2ccccn2)CC1. The lowest BCUT2D eigenvalue weighted by Crippen LogP contribution is -2.47. The highest BCUT2D eigenvalue weighted by atomic mass is 16.3. The minimum absolute atomic E-state index is 0.0677. The summed E-state index contributed by atoms with van der Waals surface area (Å²) < 4.78 is 0. The molecular formula is C18H30N4O2. The summed E-state index contributed by atoms with van der Waals surface area (Å²) >= 11 is 0. The average Bonchev–Trinajstić information content (AvgIpc) is 2.61. The van der Waals surface area contributed by atoms with Crippen LogP contribution in [-0.4, -0.2) is 66.3 Å². The third-order valence-corrected chi connectivity index (χ3v) is 4.53. The van der Waals surface area contributed by atoms with E-state index < -0.39 is 0 Å². The van der Waals surface area contributed by atoms with E-state index in [1.807, 2.05) is 38.2 Å². The number of nitrogens with one attached hydrogen (secondary N) is 1. The van der Waals surface area contributed by atoms with Crippen molar-refractivity contribution in [2.24, 2.45) is 5.92 Å². The standard InChI is InChI=1S/C18H30N4O2/c1-15(2)16(23)6-9-20-18(24)7-10-21-11-13-22(14-12-21)17-5-3-4-8-19-17/h3-5,8,15-16,23H,6-7,9-14H2,1-2H3,(H,20,24). The predicted molar refractivity (Wildman–Crippen MR) is 96.0 cm³/mol. The molecule has 24 heavy (non-hydrogen) atoms. The van der Waals surface area contributed by atoms with Crippen molar-refractivity contribution in [2.75, 3.05) is 44.2 Å². The number of hydrogen-bond donors (Lipinski definition) is 2. The number of nitrogens with zero attached hydrogens (tertiary/aromatic N) is 3. The first-order valence-electron chi connectivity index (χ1n) is 8.89. The molecular weight excluding hydrogens is 304 g/mol. The smallest absolute Gasteiger partial charge is 0.221 e. The summed E-state index contributed by atoms with van der Waals surface area (Å²) in [7, 11) is 0. The van der Waals surface area contributed by atoms with Crippen molar-refractivity contribution in [3.05, 3.63) is 24.4 Å². The molecule has 1 saturated heterocycles. The van der Waals surface area contributed by atoms with Gasteiger partial charge in [-0.15, -0.1) is 0 Å².